The predicted octanol–water partition coefficient (Wildman–Crippen LogP) is 3.34. The summed E-state index contributed by atoms with van der Waals surface area (Å²) in [7, 11) is -3.74. The Labute approximate surface area is 190 Å². The fraction of sp³-hybridized carbons (Fsp3) is 0.261. The number of carbonyl (C=O) groups excluding carboxylic acids is 1. The Morgan fingerprint density at radius 1 is 1.09 bits per heavy atom. The Morgan fingerprint density at radius 3 is 2.52 bits per heavy atom. The minimum atomic E-state index is -3.74. The topological polar surface area (TPSA) is 107 Å². The maximum atomic E-state index is 14.4. The van der Waals surface area contributed by atoms with Gasteiger partial charge < -0.3 is 9.47 Å². The van der Waals surface area contributed by atoms with Gasteiger partial charge in [0.2, 0.25) is 10.0 Å². The second kappa shape index (κ2) is 9.53. The molecule has 3 aromatic rings. The summed E-state index contributed by atoms with van der Waals surface area (Å²) in [6.45, 7) is 0.566. The van der Waals surface area contributed by atoms with Crippen LogP contribution in [0.2, 0.25) is 0 Å². The van der Waals surface area contributed by atoms with Crippen molar-refractivity contribution < 1.29 is 27.1 Å². The number of halogens is 1. The van der Waals surface area contributed by atoms with E-state index in [4.69, 9.17) is 9.47 Å². The molecule has 1 amide bonds. The molecule has 0 unspecified atom stereocenters. The Kier molecular flexibility index (Phi) is 6.55. The third kappa shape index (κ3) is 6.48. The zero-order valence-electron chi connectivity index (χ0n) is 17.8. The van der Waals surface area contributed by atoms with Crippen molar-refractivity contribution in [1.29, 1.82) is 0 Å². The van der Waals surface area contributed by atoms with Gasteiger partial charge in [-0.1, -0.05) is 18.2 Å². The number of sulfonamides is 1. The number of benzene rings is 2. The number of hydrogen-bond donors (Lipinski definition) is 1. The molecule has 1 fully saturated rings. The maximum absolute atomic E-state index is 14.4. The van der Waals surface area contributed by atoms with Gasteiger partial charge in [0, 0.05) is 29.1 Å². The van der Waals surface area contributed by atoms with Gasteiger partial charge in [0.15, 0.2) is 0 Å². The van der Waals surface area contributed by atoms with Gasteiger partial charge >= 0.3 is 6.01 Å². The molecule has 0 bridgehead atoms. The fourth-order valence-electron chi connectivity index (χ4n) is 2.98. The van der Waals surface area contributed by atoms with Crippen LogP contribution in [0.3, 0.4) is 0 Å². The number of nitrogens with zero attached hydrogens (tertiary/aromatic N) is 2. The molecule has 1 aliphatic carbocycles. The number of aromatic nitrogens is 2. The molecule has 1 saturated carbocycles. The summed E-state index contributed by atoms with van der Waals surface area (Å²) >= 11 is 0. The fourth-order valence-corrected chi connectivity index (χ4v) is 3.43. The van der Waals surface area contributed by atoms with Crippen molar-refractivity contribution in [1.82, 2.24) is 14.7 Å². The lowest BCUT2D eigenvalue weighted by molar-refractivity contribution is 0.0981. The van der Waals surface area contributed by atoms with Crippen molar-refractivity contribution in [3.8, 4) is 22.9 Å². The molecular weight excluding hydrogens is 449 g/mol. The van der Waals surface area contributed by atoms with Crippen LogP contribution >= 0.6 is 0 Å². The Morgan fingerprint density at radius 2 is 1.85 bits per heavy atom. The SMILES string of the molecule is CS(=O)(=O)NC(=O)c1ccc(COc2cccc(-c3cnc(OCC4CC4)nc3)c2)c(F)c1. The van der Waals surface area contributed by atoms with E-state index < -0.39 is 21.7 Å². The summed E-state index contributed by atoms with van der Waals surface area (Å²) in [4.78, 5) is 20.3. The number of ether oxygens (including phenoxy) is 2. The van der Waals surface area contributed by atoms with E-state index in [-0.39, 0.29) is 17.7 Å². The second-order valence-corrected chi connectivity index (χ2v) is 9.58. The summed E-state index contributed by atoms with van der Waals surface area (Å²) in [6, 6.07) is 11.2. The number of rotatable bonds is 9. The molecule has 10 heteroatoms. The summed E-state index contributed by atoms with van der Waals surface area (Å²) in [5.74, 6) is -0.446. The first-order chi connectivity index (χ1) is 15.8. The third-order valence-corrected chi connectivity index (χ3v) is 5.48. The van der Waals surface area contributed by atoms with Gasteiger partial charge in [-0.05, 0) is 48.6 Å². The Hall–Kier alpha value is -3.53. The first kappa shape index (κ1) is 22.7. The highest BCUT2D eigenvalue weighted by Crippen LogP contribution is 2.29. The molecule has 1 heterocycles. The van der Waals surface area contributed by atoms with E-state index in [2.05, 4.69) is 9.97 Å². The molecule has 0 aliphatic heterocycles. The largest absolute Gasteiger partial charge is 0.489 e. The molecule has 0 saturated heterocycles. The van der Waals surface area contributed by atoms with E-state index in [0.717, 1.165) is 23.4 Å². The summed E-state index contributed by atoms with van der Waals surface area (Å²) < 4.78 is 49.8. The molecule has 1 aliphatic rings. The third-order valence-electron chi connectivity index (χ3n) is 4.93. The molecule has 0 radical (unpaired) electrons. The Bertz CT molecular complexity index is 1260. The van der Waals surface area contributed by atoms with Crippen LogP contribution in [-0.2, 0) is 16.6 Å². The van der Waals surface area contributed by atoms with Crippen LogP contribution < -0.4 is 14.2 Å². The molecule has 8 nitrogen and oxygen atoms in total. The summed E-state index contributed by atoms with van der Waals surface area (Å²) in [5.41, 5.74) is 1.73. The normalized spacial score (nSPS) is 13.4. The van der Waals surface area contributed by atoms with Gasteiger partial charge in [-0.3, -0.25) is 4.79 Å². The van der Waals surface area contributed by atoms with E-state index in [0.29, 0.717) is 24.3 Å². The van der Waals surface area contributed by atoms with Crippen LogP contribution in [0.15, 0.2) is 54.9 Å². The summed E-state index contributed by atoms with van der Waals surface area (Å²) in [6.07, 6.45) is 6.58. The van der Waals surface area contributed by atoms with Crippen LogP contribution in [-0.4, -0.2) is 37.2 Å². The van der Waals surface area contributed by atoms with E-state index in [9.17, 15) is 17.6 Å². The highest BCUT2D eigenvalue weighted by molar-refractivity contribution is 7.89. The van der Waals surface area contributed by atoms with E-state index in [1.165, 1.54) is 25.0 Å². The van der Waals surface area contributed by atoms with Gasteiger partial charge in [0.25, 0.3) is 5.91 Å². The first-order valence-corrected chi connectivity index (χ1v) is 12.1. The van der Waals surface area contributed by atoms with Crippen LogP contribution in [0.1, 0.15) is 28.8 Å². The van der Waals surface area contributed by atoms with E-state index in [1.807, 2.05) is 6.07 Å². The monoisotopic (exact) mass is 471 g/mol. The first-order valence-electron chi connectivity index (χ1n) is 10.3. The number of hydrogen-bond acceptors (Lipinski definition) is 7. The number of amides is 1. The minimum absolute atomic E-state index is 0.0757. The predicted molar refractivity (Wildman–Crippen MR) is 119 cm³/mol. The van der Waals surface area contributed by atoms with Crippen molar-refractivity contribution in [2.24, 2.45) is 5.92 Å². The summed E-state index contributed by atoms with van der Waals surface area (Å²) in [5, 5.41) is 0. The average molecular weight is 472 g/mol. The maximum Gasteiger partial charge on any atom is 0.316 e. The highest BCUT2D eigenvalue weighted by Gasteiger charge is 2.22. The van der Waals surface area contributed by atoms with E-state index in [1.54, 1.807) is 35.3 Å². The van der Waals surface area contributed by atoms with Crippen molar-refractivity contribution in [2.45, 2.75) is 19.4 Å². The minimum Gasteiger partial charge on any atom is -0.489 e. The van der Waals surface area contributed by atoms with Gasteiger partial charge in [-0.15, -0.1) is 0 Å². The van der Waals surface area contributed by atoms with Gasteiger partial charge in [-0.25, -0.2) is 27.5 Å². The van der Waals surface area contributed by atoms with Crippen LogP contribution in [0.25, 0.3) is 11.1 Å². The zero-order valence-corrected chi connectivity index (χ0v) is 18.6. The van der Waals surface area contributed by atoms with Gasteiger partial charge in [0.1, 0.15) is 18.2 Å². The lowest BCUT2D eigenvalue weighted by Gasteiger charge is -2.10. The lowest BCUT2D eigenvalue weighted by Crippen LogP contribution is -2.29. The second-order valence-electron chi connectivity index (χ2n) is 7.83. The van der Waals surface area contributed by atoms with Crippen LogP contribution in [0.5, 0.6) is 11.8 Å². The smallest absolute Gasteiger partial charge is 0.316 e. The molecule has 33 heavy (non-hydrogen) atoms. The van der Waals surface area contributed by atoms with E-state index >= 15 is 0 Å². The lowest BCUT2D eigenvalue weighted by atomic mass is 10.1. The van der Waals surface area contributed by atoms with Crippen molar-refractivity contribution >= 4 is 15.9 Å². The molecule has 0 spiro atoms. The zero-order chi connectivity index (χ0) is 23.4. The van der Waals surface area contributed by atoms with Gasteiger partial charge in [0.05, 0.1) is 12.9 Å². The van der Waals surface area contributed by atoms with Crippen molar-refractivity contribution in [2.75, 3.05) is 12.9 Å². The molecule has 1 N–H and O–H groups in total. The van der Waals surface area contributed by atoms with Crippen LogP contribution in [0, 0.1) is 11.7 Å². The molecule has 172 valence electrons. The van der Waals surface area contributed by atoms with Crippen LogP contribution in [0.4, 0.5) is 4.39 Å². The standard InChI is InChI=1S/C23H22FN3O5S/c1-33(29,30)27-22(28)17-7-8-18(21(24)10-17)14-31-20-4-2-3-16(9-20)19-11-25-23(26-12-19)32-13-15-5-6-15/h2-4,7-12,15H,5-6,13-14H2,1H3,(H,27,28). The van der Waals surface area contributed by atoms with Crippen molar-refractivity contribution in [3.05, 3.63) is 71.8 Å². The molecule has 4 rings (SSSR count). The quantitative estimate of drug-likeness (QED) is 0.510. The average Bonchev–Trinajstić information content (AvgIpc) is 3.61. The van der Waals surface area contributed by atoms with Crippen molar-refractivity contribution in [3.63, 3.8) is 0 Å². The molecule has 2 aromatic carbocycles. The molecular formula is C23H22FN3O5S. The highest BCUT2D eigenvalue weighted by atomic mass is 32.2. The van der Waals surface area contributed by atoms with Gasteiger partial charge in [-0.2, -0.15) is 0 Å². The number of carbonyl (C=O) groups is 1. The Balaban J connectivity index is 1.39. The molecule has 1 aromatic heterocycles. The number of nitrogens with one attached hydrogen (secondary N) is 1. The molecule has 0 atom stereocenters.